The Labute approximate surface area is 121 Å². The third kappa shape index (κ3) is 4.53. The maximum Gasteiger partial charge on any atom is 0.224 e. The van der Waals surface area contributed by atoms with E-state index in [1.54, 1.807) is 0 Å². The summed E-state index contributed by atoms with van der Waals surface area (Å²) in [6, 6.07) is 7.69. The van der Waals surface area contributed by atoms with Crippen LogP contribution in [0.15, 0.2) is 24.3 Å². The molecule has 4 heteroatoms. The molecular weight excluding hydrogens is 252 g/mol. The van der Waals surface area contributed by atoms with Crippen molar-refractivity contribution in [2.45, 2.75) is 46.3 Å². The Balaban J connectivity index is 2.81. The minimum Gasteiger partial charge on any atom is -0.491 e. The zero-order chi connectivity index (χ0) is 15.1. The smallest absolute Gasteiger partial charge is 0.224 e. The van der Waals surface area contributed by atoms with Crippen molar-refractivity contribution in [3.63, 3.8) is 0 Å². The first kappa shape index (κ1) is 16.5. The summed E-state index contributed by atoms with van der Waals surface area (Å²) in [4.78, 5) is 12.1. The highest BCUT2D eigenvalue weighted by Crippen LogP contribution is 2.26. The number of amides is 1. The molecule has 4 nitrogen and oxygen atoms in total. The van der Waals surface area contributed by atoms with Crippen LogP contribution in [-0.2, 0) is 4.79 Å². The lowest BCUT2D eigenvalue weighted by atomic mass is 10.0. The van der Waals surface area contributed by atoms with Crippen LogP contribution in [0.1, 0.15) is 45.7 Å². The highest BCUT2D eigenvalue weighted by atomic mass is 16.5. The van der Waals surface area contributed by atoms with Crippen molar-refractivity contribution in [3.8, 4) is 5.75 Å². The van der Waals surface area contributed by atoms with Crippen LogP contribution in [0.5, 0.6) is 5.75 Å². The van der Waals surface area contributed by atoms with Crippen LogP contribution in [0, 0.1) is 5.92 Å². The van der Waals surface area contributed by atoms with Gasteiger partial charge < -0.3 is 15.8 Å². The standard InChI is InChI=1S/C16H26N2O2/c1-5-13(10-17)16(19)18-12(4)14-8-6-7-9-15(14)20-11(2)3/h6-9,11-13H,5,10,17H2,1-4H3,(H,18,19). The average Bonchev–Trinajstić information content (AvgIpc) is 2.39. The number of hydrogen-bond donors (Lipinski definition) is 2. The molecule has 0 aromatic heterocycles. The second kappa shape index (κ2) is 7.90. The molecule has 1 aromatic carbocycles. The van der Waals surface area contributed by atoms with Crippen molar-refractivity contribution >= 4 is 5.91 Å². The van der Waals surface area contributed by atoms with Crippen molar-refractivity contribution in [2.75, 3.05) is 6.54 Å². The third-order valence-corrected chi connectivity index (χ3v) is 3.26. The monoisotopic (exact) mass is 278 g/mol. The van der Waals surface area contributed by atoms with Gasteiger partial charge in [-0.1, -0.05) is 25.1 Å². The van der Waals surface area contributed by atoms with Crippen LogP contribution in [-0.4, -0.2) is 18.6 Å². The number of ether oxygens (including phenoxy) is 1. The van der Waals surface area contributed by atoms with Crippen molar-refractivity contribution < 1.29 is 9.53 Å². The number of carbonyl (C=O) groups excluding carboxylic acids is 1. The molecule has 0 spiro atoms. The molecule has 0 aliphatic heterocycles. The SMILES string of the molecule is CCC(CN)C(=O)NC(C)c1ccccc1OC(C)C. The number of nitrogens with two attached hydrogens (primary N) is 1. The van der Waals surface area contributed by atoms with E-state index in [0.29, 0.717) is 6.54 Å². The molecule has 2 unspecified atom stereocenters. The van der Waals surface area contributed by atoms with E-state index in [1.165, 1.54) is 0 Å². The Morgan fingerprint density at radius 1 is 1.30 bits per heavy atom. The number of hydrogen-bond acceptors (Lipinski definition) is 3. The van der Waals surface area contributed by atoms with Gasteiger partial charge in [0, 0.05) is 18.0 Å². The Morgan fingerprint density at radius 3 is 2.50 bits per heavy atom. The molecule has 2 atom stereocenters. The summed E-state index contributed by atoms with van der Waals surface area (Å²) >= 11 is 0. The predicted octanol–water partition coefficient (Wildman–Crippen LogP) is 2.64. The molecule has 0 fully saturated rings. The van der Waals surface area contributed by atoms with Gasteiger partial charge in [0.25, 0.3) is 0 Å². The molecule has 0 saturated heterocycles. The molecule has 0 aliphatic rings. The fourth-order valence-corrected chi connectivity index (χ4v) is 2.07. The molecule has 1 aromatic rings. The minimum absolute atomic E-state index is 0.00171. The van der Waals surface area contributed by atoms with Gasteiger partial charge in [-0.3, -0.25) is 4.79 Å². The highest BCUT2D eigenvalue weighted by molar-refractivity contribution is 5.79. The first-order chi connectivity index (χ1) is 9.49. The summed E-state index contributed by atoms with van der Waals surface area (Å²) in [5.74, 6) is 0.688. The first-order valence-corrected chi connectivity index (χ1v) is 7.25. The quantitative estimate of drug-likeness (QED) is 0.806. The molecule has 0 heterocycles. The van der Waals surface area contributed by atoms with Gasteiger partial charge >= 0.3 is 0 Å². The summed E-state index contributed by atoms with van der Waals surface area (Å²) in [5, 5.41) is 3.01. The lowest BCUT2D eigenvalue weighted by molar-refractivity contribution is -0.125. The molecule has 0 radical (unpaired) electrons. The summed E-state index contributed by atoms with van der Waals surface area (Å²) in [5.41, 5.74) is 6.60. The minimum atomic E-state index is -0.129. The average molecular weight is 278 g/mol. The van der Waals surface area contributed by atoms with E-state index < -0.39 is 0 Å². The Hall–Kier alpha value is -1.55. The molecular formula is C16H26N2O2. The van der Waals surface area contributed by atoms with Crippen LogP contribution in [0.4, 0.5) is 0 Å². The normalized spacial score (nSPS) is 13.9. The zero-order valence-electron chi connectivity index (χ0n) is 12.8. The van der Waals surface area contributed by atoms with Crippen LogP contribution >= 0.6 is 0 Å². The number of nitrogens with one attached hydrogen (secondary N) is 1. The summed E-state index contributed by atoms with van der Waals surface area (Å²) in [7, 11) is 0. The van der Waals surface area contributed by atoms with Crippen LogP contribution in [0.2, 0.25) is 0 Å². The largest absolute Gasteiger partial charge is 0.491 e. The lowest BCUT2D eigenvalue weighted by Gasteiger charge is -2.21. The van der Waals surface area contributed by atoms with Gasteiger partial charge in [-0.2, -0.15) is 0 Å². The molecule has 0 saturated carbocycles. The van der Waals surface area contributed by atoms with Crippen molar-refractivity contribution in [1.82, 2.24) is 5.32 Å². The topological polar surface area (TPSA) is 64.4 Å². The van der Waals surface area contributed by atoms with Gasteiger partial charge in [0.05, 0.1) is 12.1 Å². The van der Waals surface area contributed by atoms with E-state index in [1.807, 2.05) is 52.0 Å². The van der Waals surface area contributed by atoms with Crippen molar-refractivity contribution in [3.05, 3.63) is 29.8 Å². The van der Waals surface area contributed by atoms with Crippen LogP contribution < -0.4 is 15.8 Å². The van der Waals surface area contributed by atoms with Crippen LogP contribution in [0.25, 0.3) is 0 Å². The van der Waals surface area contributed by atoms with Gasteiger partial charge in [-0.25, -0.2) is 0 Å². The Kier molecular flexibility index (Phi) is 6.52. The summed E-state index contributed by atoms with van der Waals surface area (Å²) < 4.78 is 5.79. The molecule has 0 aliphatic carbocycles. The molecule has 1 rings (SSSR count). The van der Waals surface area contributed by atoms with E-state index in [2.05, 4.69) is 5.32 Å². The second-order valence-electron chi connectivity index (χ2n) is 5.28. The number of carbonyl (C=O) groups is 1. The molecule has 112 valence electrons. The fourth-order valence-electron chi connectivity index (χ4n) is 2.07. The Bertz CT molecular complexity index is 428. The Morgan fingerprint density at radius 2 is 1.95 bits per heavy atom. The number of para-hydroxylation sites is 1. The second-order valence-corrected chi connectivity index (χ2v) is 5.28. The lowest BCUT2D eigenvalue weighted by Crippen LogP contribution is -2.36. The maximum atomic E-state index is 12.1. The zero-order valence-corrected chi connectivity index (χ0v) is 12.8. The molecule has 1 amide bonds. The molecule has 0 bridgehead atoms. The number of rotatable bonds is 7. The van der Waals surface area contributed by atoms with E-state index in [4.69, 9.17) is 10.5 Å². The van der Waals surface area contributed by atoms with Crippen molar-refractivity contribution in [2.24, 2.45) is 11.7 Å². The predicted molar refractivity (Wildman–Crippen MR) is 81.6 cm³/mol. The summed E-state index contributed by atoms with van der Waals surface area (Å²) in [6.45, 7) is 8.28. The molecule has 20 heavy (non-hydrogen) atoms. The third-order valence-electron chi connectivity index (χ3n) is 3.26. The van der Waals surface area contributed by atoms with E-state index in [-0.39, 0.29) is 24.0 Å². The summed E-state index contributed by atoms with van der Waals surface area (Å²) in [6.07, 6.45) is 0.852. The van der Waals surface area contributed by atoms with E-state index in [0.717, 1.165) is 17.7 Å². The van der Waals surface area contributed by atoms with Gasteiger partial charge in [-0.05, 0) is 33.3 Å². The van der Waals surface area contributed by atoms with Gasteiger partial charge in [0.1, 0.15) is 5.75 Å². The van der Waals surface area contributed by atoms with E-state index >= 15 is 0 Å². The van der Waals surface area contributed by atoms with E-state index in [9.17, 15) is 4.79 Å². The highest BCUT2D eigenvalue weighted by Gasteiger charge is 2.19. The van der Waals surface area contributed by atoms with Gasteiger partial charge in [0.2, 0.25) is 5.91 Å². The fraction of sp³-hybridized carbons (Fsp3) is 0.562. The first-order valence-electron chi connectivity index (χ1n) is 7.25. The molecule has 3 N–H and O–H groups in total. The maximum absolute atomic E-state index is 12.1. The number of benzene rings is 1. The van der Waals surface area contributed by atoms with Crippen molar-refractivity contribution in [1.29, 1.82) is 0 Å². The van der Waals surface area contributed by atoms with Gasteiger partial charge in [-0.15, -0.1) is 0 Å². The van der Waals surface area contributed by atoms with Crippen LogP contribution in [0.3, 0.4) is 0 Å². The van der Waals surface area contributed by atoms with Gasteiger partial charge in [0.15, 0.2) is 0 Å².